The lowest BCUT2D eigenvalue weighted by Gasteiger charge is -2.05. The van der Waals surface area contributed by atoms with Crippen molar-refractivity contribution in [2.75, 3.05) is 7.11 Å². The minimum Gasteiger partial charge on any atom is -0.481 e. The Hall–Kier alpha value is -1.91. The van der Waals surface area contributed by atoms with E-state index in [2.05, 4.69) is 9.72 Å². The second kappa shape index (κ2) is 5.09. The zero-order valence-electron chi connectivity index (χ0n) is 8.27. The molecule has 0 aromatic carbocycles. The number of carboxylic acids is 1. The Morgan fingerprint density at radius 2 is 2.27 bits per heavy atom. The van der Waals surface area contributed by atoms with E-state index in [1.165, 1.54) is 25.6 Å². The van der Waals surface area contributed by atoms with E-state index in [1.54, 1.807) is 0 Å². The Morgan fingerprint density at radius 3 is 2.87 bits per heavy atom. The molecule has 0 spiro atoms. The van der Waals surface area contributed by atoms with Gasteiger partial charge in [0.1, 0.15) is 0 Å². The van der Waals surface area contributed by atoms with E-state index in [1.807, 2.05) is 0 Å². The first-order chi connectivity index (χ1) is 7.15. The SMILES string of the molecule is COC(=O)c1ccncc1CCC(=O)O. The van der Waals surface area contributed by atoms with Gasteiger partial charge in [-0.05, 0) is 18.1 Å². The predicted molar refractivity (Wildman–Crippen MR) is 51.5 cm³/mol. The molecule has 0 aliphatic rings. The number of esters is 1. The summed E-state index contributed by atoms with van der Waals surface area (Å²) in [6.45, 7) is 0. The molecule has 0 amide bonds. The summed E-state index contributed by atoms with van der Waals surface area (Å²) in [4.78, 5) is 25.5. The molecule has 1 aromatic rings. The number of aliphatic carboxylic acids is 1. The molecule has 0 bridgehead atoms. The molecule has 1 N–H and O–H groups in total. The molecule has 0 aliphatic heterocycles. The lowest BCUT2D eigenvalue weighted by molar-refractivity contribution is -0.136. The van der Waals surface area contributed by atoms with Crippen LogP contribution in [0.15, 0.2) is 18.5 Å². The number of ether oxygens (including phenoxy) is 1. The van der Waals surface area contributed by atoms with Gasteiger partial charge in [-0.2, -0.15) is 0 Å². The van der Waals surface area contributed by atoms with E-state index in [0.29, 0.717) is 11.1 Å². The van der Waals surface area contributed by atoms with Crippen LogP contribution in [0.2, 0.25) is 0 Å². The second-order valence-electron chi connectivity index (χ2n) is 2.92. The number of carbonyl (C=O) groups is 2. The van der Waals surface area contributed by atoms with E-state index in [4.69, 9.17) is 5.11 Å². The van der Waals surface area contributed by atoms with Crippen LogP contribution in [0.1, 0.15) is 22.3 Å². The van der Waals surface area contributed by atoms with Crippen molar-refractivity contribution in [3.05, 3.63) is 29.6 Å². The first-order valence-corrected chi connectivity index (χ1v) is 4.38. The summed E-state index contributed by atoms with van der Waals surface area (Å²) in [7, 11) is 1.28. The van der Waals surface area contributed by atoms with E-state index >= 15 is 0 Å². The smallest absolute Gasteiger partial charge is 0.338 e. The van der Waals surface area contributed by atoms with Crippen LogP contribution in [-0.4, -0.2) is 29.1 Å². The highest BCUT2D eigenvalue weighted by Gasteiger charge is 2.12. The van der Waals surface area contributed by atoms with Crippen LogP contribution in [0.25, 0.3) is 0 Å². The standard InChI is InChI=1S/C10H11NO4/c1-15-10(14)8-4-5-11-6-7(8)2-3-9(12)13/h4-6H,2-3H2,1H3,(H,12,13). The summed E-state index contributed by atoms with van der Waals surface area (Å²) < 4.78 is 4.57. The first-order valence-electron chi connectivity index (χ1n) is 4.38. The number of rotatable bonds is 4. The maximum Gasteiger partial charge on any atom is 0.338 e. The summed E-state index contributed by atoms with van der Waals surface area (Å²) in [5, 5.41) is 8.52. The number of aromatic nitrogens is 1. The van der Waals surface area contributed by atoms with Gasteiger partial charge < -0.3 is 9.84 Å². The van der Waals surface area contributed by atoms with Gasteiger partial charge in [-0.25, -0.2) is 4.79 Å². The zero-order chi connectivity index (χ0) is 11.3. The number of carbonyl (C=O) groups excluding carboxylic acids is 1. The number of hydrogen-bond acceptors (Lipinski definition) is 4. The molecule has 1 aromatic heterocycles. The third kappa shape index (κ3) is 3.05. The monoisotopic (exact) mass is 209 g/mol. The number of carboxylic acid groups (broad SMARTS) is 1. The van der Waals surface area contributed by atoms with Gasteiger partial charge in [-0.3, -0.25) is 9.78 Å². The fraction of sp³-hybridized carbons (Fsp3) is 0.300. The Kier molecular flexibility index (Phi) is 3.79. The largest absolute Gasteiger partial charge is 0.481 e. The summed E-state index contributed by atoms with van der Waals surface area (Å²) in [5.41, 5.74) is 0.959. The van der Waals surface area contributed by atoms with Gasteiger partial charge in [-0.15, -0.1) is 0 Å². The molecule has 80 valence electrons. The molecule has 0 saturated heterocycles. The summed E-state index contributed by atoms with van der Waals surface area (Å²) in [6, 6.07) is 1.52. The van der Waals surface area contributed by atoms with Gasteiger partial charge >= 0.3 is 11.9 Å². The van der Waals surface area contributed by atoms with Crippen molar-refractivity contribution in [1.29, 1.82) is 0 Å². The molecule has 15 heavy (non-hydrogen) atoms. The maximum atomic E-state index is 11.3. The second-order valence-corrected chi connectivity index (χ2v) is 2.92. The number of nitrogens with zero attached hydrogens (tertiary/aromatic N) is 1. The number of pyridine rings is 1. The first kappa shape index (κ1) is 11.2. The Morgan fingerprint density at radius 1 is 1.53 bits per heavy atom. The van der Waals surface area contributed by atoms with Gasteiger partial charge in [0.25, 0.3) is 0 Å². The molecule has 1 heterocycles. The van der Waals surface area contributed by atoms with Gasteiger partial charge in [0.05, 0.1) is 12.7 Å². The van der Waals surface area contributed by atoms with Crippen LogP contribution < -0.4 is 0 Å². The van der Waals surface area contributed by atoms with Crippen LogP contribution in [0.5, 0.6) is 0 Å². The van der Waals surface area contributed by atoms with Crippen molar-refractivity contribution < 1.29 is 19.4 Å². The number of aryl methyl sites for hydroxylation is 1. The average Bonchev–Trinajstić information content (AvgIpc) is 2.25. The number of methoxy groups -OCH3 is 1. The Bertz CT molecular complexity index is 375. The summed E-state index contributed by atoms with van der Waals surface area (Å²) in [6.07, 6.45) is 3.19. The lowest BCUT2D eigenvalue weighted by Crippen LogP contribution is -2.07. The lowest BCUT2D eigenvalue weighted by atomic mass is 10.1. The molecular weight excluding hydrogens is 198 g/mol. The van der Waals surface area contributed by atoms with Gasteiger partial charge in [0.15, 0.2) is 0 Å². The minimum absolute atomic E-state index is 0.0321. The van der Waals surface area contributed by atoms with Crippen molar-refractivity contribution in [3.63, 3.8) is 0 Å². The fourth-order valence-electron chi connectivity index (χ4n) is 1.18. The van der Waals surface area contributed by atoms with Crippen molar-refractivity contribution >= 4 is 11.9 Å². The average molecular weight is 209 g/mol. The molecule has 0 atom stereocenters. The number of hydrogen-bond donors (Lipinski definition) is 1. The highest BCUT2D eigenvalue weighted by Crippen LogP contribution is 2.10. The van der Waals surface area contributed by atoms with Crippen molar-refractivity contribution in [1.82, 2.24) is 4.98 Å². The minimum atomic E-state index is -0.908. The third-order valence-electron chi connectivity index (χ3n) is 1.92. The Labute approximate surface area is 86.7 Å². The van der Waals surface area contributed by atoms with Crippen LogP contribution in [0.3, 0.4) is 0 Å². The summed E-state index contributed by atoms with van der Waals surface area (Å²) in [5.74, 6) is -1.38. The highest BCUT2D eigenvalue weighted by molar-refractivity contribution is 5.90. The normalized spacial score (nSPS) is 9.67. The van der Waals surface area contributed by atoms with Gasteiger partial charge in [0, 0.05) is 18.8 Å². The molecule has 0 fully saturated rings. The third-order valence-corrected chi connectivity index (χ3v) is 1.92. The van der Waals surface area contributed by atoms with E-state index in [9.17, 15) is 9.59 Å². The molecule has 0 aliphatic carbocycles. The topological polar surface area (TPSA) is 76.5 Å². The fourth-order valence-corrected chi connectivity index (χ4v) is 1.18. The molecular formula is C10H11NO4. The van der Waals surface area contributed by atoms with Crippen LogP contribution in [0.4, 0.5) is 0 Å². The van der Waals surface area contributed by atoms with E-state index in [-0.39, 0.29) is 12.8 Å². The van der Waals surface area contributed by atoms with Gasteiger partial charge in [0.2, 0.25) is 0 Å². The molecule has 0 radical (unpaired) electrons. The molecule has 0 unspecified atom stereocenters. The highest BCUT2D eigenvalue weighted by atomic mass is 16.5. The van der Waals surface area contributed by atoms with Crippen molar-refractivity contribution in [3.8, 4) is 0 Å². The molecule has 1 rings (SSSR count). The van der Waals surface area contributed by atoms with Crippen molar-refractivity contribution in [2.24, 2.45) is 0 Å². The molecule has 5 nitrogen and oxygen atoms in total. The predicted octanol–water partition coefficient (Wildman–Crippen LogP) is 0.885. The molecule has 0 saturated carbocycles. The zero-order valence-corrected chi connectivity index (χ0v) is 8.27. The van der Waals surface area contributed by atoms with E-state index < -0.39 is 11.9 Å². The van der Waals surface area contributed by atoms with E-state index in [0.717, 1.165) is 0 Å². The van der Waals surface area contributed by atoms with Crippen molar-refractivity contribution in [2.45, 2.75) is 12.8 Å². The summed E-state index contributed by atoms with van der Waals surface area (Å²) >= 11 is 0. The van der Waals surface area contributed by atoms with Crippen LogP contribution >= 0.6 is 0 Å². The van der Waals surface area contributed by atoms with Gasteiger partial charge in [-0.1, -0.05) is 0 Å². The molecule has 5 heteroatoms. The van der Waals surface area contributed by atoms with Crippen LogP contribution in [-0.2, 0) is 16.0 Å². The maximum absolute atomic E-state index is 11.3. The Balaban J connectivity index is 2.86. The quantitative estimate of drug-likeness (QED) is 0.745. The van der Waals surface area contributed by atoms with Crippen LogP contribution in [0, 0.1) is 0 Å².